The van der Waals surface area contributed by atoms with Gasteiger partial charge in [0.25, 0.3) is 5.91 Å². The number of thioether (sulfide) groups is 1. The van der Waals surface area contributed by atoms with Crippen molar-refractivity contribution in [2.24, 2.45) is 0 Å². The summed E-state index contributed by atoms with van der Waals surface area (Å²) in [5.41, 5.74) is 3.55. The van der Waals surface area contributed by atoms with Crippen LogP contribution in [0.4, 0.5) is 0 Å². The standard InChI is InChI=1S/C20H16N4OS2/c1-2-23-19(25)17(27-20(23)26)12-15-13-24(16-6-4-3-5-7-16)22-18(15)14-8-10-21-11-9-14/h3-13H,2H2,1H3. The summed E-state index contributed by atoms with van der Waals surface area (Å²) in [5, 5.41) is 4.75. The molecule has 0 N–H and O–H groups in total. The number of carbonyl (C=O) groups is 1. The van der Waals surface area contributed by atoms with E-state index in [4.69, 9.17) is 17.3 Å². The molecule has 1 fully saturated rings. The van der Waals surface area contributed by atoms with Crippen LogP contribution < -0.4 is 0 Å². The van der Waals surface area contributed by atoms with Gasteiger partial charge in [-0.2, -0.15) is 5.10 Å². The highest BCUT2D eigenvalue weighted by molar-refractivity contribution is 8.26. The van der Waals surface area contributed by atoms with Gasteiger partial charge in [0.2, 0.25) is 0 Å². The summed E-state index contributed by atoms with van der Waals surface area (Å²) in [6, 6.07) is 13.7. The van der Waals surface area contributed by atoms with Crippen LogP contribution >= 0.6 is 24.0 Å². The molecule has 0 aliphatic carbocycles. The first-order valence-corrected chi connectivity index (χ1v) is 9.70. The summed E-state index contributed by atoms with van der Waals surface area (Å²) in [7, 11) is 0. The van der Waals surface area contributed by atoms with Gasteiger partial charge < -0.3 is 0 Å². The molecule has 0 atom stereocenters. The van der Waals surface area contributed by atoms with Gasteiger partial charge in [0.1, 0.15) is 10.0 Å². The van der Waals surface area contributed by atoms with Crippen molar-refractivity contribution in [3.63, 3.8) is 0 Å². The van der Waals surface area contributed by atoms with Gasteiger partial charge in [0.15, 0.2) is 0 Å². The second-order valence-corrected chi connectivity index (χ2v) is 7.55. The molecule has 0 unspecified atom stereocenters. The van der Waals surface area contributed by atoms with E-state index in [1.165, 1.54) is 11.8 Å². The topological polar surface area (TPSA) is 51.0 Å². The Morgan fingerprint density at radius 1 is 1.15 bits per heavy atom. The van der Waals surface area contributed by atoms with Crippen molar-refractivity contribution < 1.29 is 4.79 Å². The molecule has 0 spiro atoms. The average molecular weight is 393 g/mol. The van der Waals surface area contributed by atoms with Crippen molar-refractivity contribution in [1.82, 2.24) is 19.7 Å². The largest absolute Gasteiger partial charge is 0.293 e. The molecule has 5 nitrogen and oxygen atoms in total. The number of carbonyl (C=O) groups excluding carboxylic acids is 1. The monoisotopic (exact) mass is 392 g/mol. The van der Waals surface area contributed by atoms with E-state index >= 15 is 0 Å². The number of nitrogens with zero attached hydrogens (tertiary/aromatic N) is 4. The maximum absolute atomic E-state index is 12.6. The van der Waals surface area contributed by atoms with E-state index in [1.807, 2.05) is 66.3 Å². The lowest BCUT2D eigenvalue weighted by atomic mass is 10.1. The molecule has 7 heteroatoms. The average Bonchev–Trinajstić information content (AvgIpc) is 3.24. The molecule has 2 aromatic heterocycles. The Labute approximate surface area is 166 Å². The van der Waals surface area contributed by atoms with Crippen molar-refractivity contribution in [2.75, 3.05) is 6.54 Å². The van der Waals surface area contributed by atoms with E-state index in [1.54, 1.807) is 17.3 Å². The van der Waals surface area contributed by atoms with Crippen LogP contribution in [0.3, 0.4) is 0 Å². The fourth-order valence-electron chi connectivity index (χ4n) is 2.85. The molecule has 3 aromatic rings. The van der Waals surface area contributed by atoms with E-state index in [0.29, 0.717) is 15.8 Å². The van der Waals surface area contributed by atoms with Crippen LogP contribution in [-0.4, -0.2) is 36.4 Å². The molecule has 1 saturated heterocycles. The highest BCUT2D eigenvalue weighted by Gasteiger charge is 2.31. The van der Waals surface area contributed by atoms with E-state index in [0.717, 1.165) is 22.5 Å². The maximum atomic E-state index is 12.6. The van der Waals surface area contributed by atoms with Crippen molar-refractivity contribution >= 4 is 40.3 Å². The van der Waals surface area contributed by atoms with E-state index in [-0.39, 0.29) is 5.91 Å². The predicted molar refractivity (Wildman–Crippen MR) is 112 cm³/mol. The predicted octanol–water partition coefficient (Wildman–Crippen LogP) is 4.16. The first-order valence-electron chi connectivity index (χ1n) is 8.48. The maximum Gasteiger partial charge on any atom is 0.266 e. The summed E-state index contributed by atoms with van der Waals surface area (Å²) < 4.78 is 2.41. The summed E-state index contributed by atoms with van der Waals surface area (Å²) in [6.07, 6.45) is 7.27. The number of hydrogen-bond acceptors (Lipinski definition) is 5. The zero-order valence-corrected chi connectivity index (χ0v) is 16.2. The van der Waals surface area contributed by atoms with Gasteiger partial charge in [-0.1, -0.05) is 42.2 Å². The Hall–Kier alpha value is -2.77. The summed E-state index contributed by atoms with van der Waals surface area (Å²) in [4.78, 5) is 18.9. The van der Waals surface area contributed by atoms with Crippen LogP contribution in [0, 0.1) is 0 Å². The van der Waals surface area contributed by atoms with Crippen LogP contribution in [0.1, 0.15) is 12.5 Å². The first kappa shape index (κ1) is 17.6. The fourth-order valence-corrected chi connectivity index (χ4v) is 4.23. The smallest absolute Gasteiger partial charge is 0.266 e. The van der Waals surface area contributed by atoms with Crippen LogP contribution in [-0.2, 0) is 4.79 Å². The van der Waals surface area contributed by atoms with E-state index in [9.17, 15) is 4.79 Å². The zero-order chi connectivity index (χ0) is 18.8. The normalized spacial score (nSPS) is 15.7. The van der Waals surface area contributed by atoms with Crippen LogP contribution in [0.25, 0.3) is 23.0 Å². The number of amides is 1. The number of pyridine rings is 1. The number of thiocarbonyl (C=S) groups is 1. The minimum Gasteiger partial charge on any atom is -0.293 e. The Morgan fingerprint density at radius 3 is 2.56 bits per heavy atom. The molecule has 27 heavy (non-hydrogen) atoms. The molecule has 0 radical (unpaired) electrons. The van der Waals surface area contributed by atoms with Crippen molar-refractivity contribution in [3.05, 3.63) is 71.5 Å². The molecule has 1 aromatic carbocycles. The minimum absolute atomic E-state index is 0.0550. The van der Waals surface area contributed by atoms with Crippen LogP contribution in [0.15, 0.2) is 66.0 Å². The molecule has 134 valence electrons. The number of benzene rings is 1. The van der Waals surface area contributed by atoms with Crippen LogP contribution in [0.2, 0.25) is 0 Å². The highest BCUT2D eigenvalue weighted by atomic mass is 32.2. The Kier molecular flexibility index (Phi) is 4.87. The SMILES string of the molecule is CCN1C(=O)C(=Cc2cn(-c3ccccc3)nc2-c2ccncc2)SC1=S. The fraction of sp³-hybridized carbons (Fsp3) is 0.100. The third-order valence-corrected chi connectivity index (χ3v) is 5.57. The molecular formula is C20H16N4OS2. The van der Waals surface area contributed by atoms with Crippen LogP contribution in [0.5, 0.6) is 0 Å². The minimum atomic E-state index is -0.0550. The third-order valence-electron chi connectivity index (χ3n) is 4.19. The Balaban J connectivity index is 1.82. The molecule has 0 saturated carbocycles. The number of rotatable bonds is 4. The second-order valence-electron chi connectivity index (χ2n) is 5.88. The van der Waals surface area contributed by atoms with E-state index in [2.05, 4.69) is 4.98 Å². The lowest BCUT2D eigenvalue weighted by Gasteiger charge is -2.09. The molecule has 3 heterocycles. The number of hydrogen-bond donors (Lipinski definition) is 0. The summed E-state index contributed by atoms with van der Waals surface area (Å²) in [5.74, 6) is -0.0550. The Morgan fingerprint density at radius 2 is 1.89 bits per heavy atom. The molecule has 0 bridgehead atoms. The van der Waals surface area contributed by atoms with E-state index < -0.39 is 0 Å². The van der Waals surface area contributed by atoms with Gasteiger partial charge >= 0.3 is 0 Å². The van der Waals surface area contributed by atoms with Crippen molar-refractivity contribution in [2.45, 2.75) is 6.92 Å². The molecule has 1 aliphatic heterocycles. The molecule has 4 rings (SSSR count). The van der Waals surface area contributed by atoms with Gasteiger partial charge in [0, 0.05) is 36.3 Å². The zero-order valence-electron chi connectivity index (χ0n) is 14.6. The van der Waals surface area contributed by atoms with Gasteiger partial charge in [-0.15, -0.1) is 0 Å². The van der Waals surface area contributed by atoms with Crippen molar-refractivity contribution in [1.29, 1.82) is 0 Å². The van der Waals surface area contributed by atoms with Gasteiger partial charge in [0.05, 0.1) is 10.6 Å². The quantitative estimate of drug-likeness (QED) is 0.493. The van der Waals surface area contributed by atoms with Gasteiger partial charge in [-0.3, -0.25) is 14.7 Å². The number of likely N-dealkylation sites (N-methyl/N-ethyl adjacent to an activating group) is 1. The first-order chi connectivity index (χ1) is 13.2. The van der Waals surface area contributed by atoms with Gasteiger partial charge in [-0.05, 0) is 37.3 Å². The summed E-state index contributed by atoms with van der Waals surface area (Å²) >= 11 is 6.65. The van der Waals surface area contributed by atoms with Gasteiger partial charge in [-0.25, -0.2) is 4.68 Å². The Bertz CT molecular complexity index is 1030. The molecule has 1 aliphatic rings. The highest BCUT2D eigenvalue weighted by Crippen LogP contribution is 2.34. The van der Waals surface area contributed by atoms with Crippen molar-refractivity contribution in [3.8, 4) is 16.9 Å². The lowest BCUT2D eigenvalue weighted by molar-refractivity contribution is -0.121. The molecule has 1 amide bonds. The molecular weight excluding hydrogens is 376 g/mol. The second kappa shape index (κ2) is 7.46. The number of para-hydroxylation sites is 1. The summed E-state index contributed by atoms with van der Waals surface area (Å²) in [6.45, 7) is 2.49. The lowest BCUT2D eigenvalue weighted by Crippen LogP contribution is -2.27. The third kappa shape index (κ3) is 3.43. The number of aromatic nitrogens is 3.